The number of likely N-dealkylation sites (tertiary alicyclic amines) is 1. The van der Waals surface area contributed by atoms with Crippen LogP contribution in [0.25, 0.3) is 0 Å². The predicted molar refractivity (Wildman–Crippen MR) is 89.0 cm³/mol. The van der Waals surface area contributed by atoms with Crippen molar-refractivity contribution >= 4 is 5.91 Å². The van der Waals surface area contributed by atoms with E-state index in [0.29, 0.717) is 36.5 Å². The molecule has 1 saturated heterocycles. The lowest BCUT2D eigenvalue weighted by atomic mass is 9.94. The third-order valence-electron chi connectivity index (χ3n) is 4.77. The van der Waals surface area contributed by atoms with Gasteiger partial charge in [0, 0.05) is 30.6 Å². The van der Waals surface area contributed by atoms with E-state index in [2.05, 4.69) is 10.2 Å². The van der Waals surface area contributed by atoms with Gasteiger partial charge in [-0.25, -0.2) is 0 Å². The van der Waals surface area contributed by atoms with Crippen LogP contribution in [-0.4, -0.2) is 34.1 Å². The maximum Gasteiger partial charge on any atom is 0.435 e. The summed E-state index contributed by atoms with van der Waals surface area (Å²) in [5.41, 5.74) is 0.0137. The van der Waals surface area contributed by atoms with E-state index < -0.39 is 11.9 Å². The standard InChI is InChI=1S/C18H22F3N3O2/c1-10(2)15-7-13(11(3)26-15)17(25)24-6-4-5-12(9-24)14-8-16(23-22-14)18(19,20)21/h7-8,10,12H,4-6,9H2,1-3H3,(H,22,23). The van der Waals surface area contributed by atoms with E-state index in [0.717, 1.165) is 18.2 Å². The lowest BCUT2D eigenvalue weighted by Crippen LogP contribution is -2.39. The molecule has 3 heterocycles. The minimum atomic E-state index is -4.47. The molecular formula is C18H22F3N3O2. The zero-order valence-electron chi connectivity index (χ0n) is 15.0. The Labute approximate surface area is 149 Å². The van der Waals surface area contributed by atoms with Crippen LogP contribution >= 0.6 is 0 Å². The van der Waals surface area contributed by atoms with Crippen molar-refractivity contribution in [2.45, 2.75) is 51.6 Å². The van der Waals surface area contributed by atoms with Gasteiger partial charge in [-0.3, -0.25) is 9.89 Å². The Morgan fingerprint density at radius 3 is 2.69 bits per heavy atom. The number of alkyl halides is 3. The van der Waals surface area contributed by atoms with Gasteiger partial charge < -0.3 is 9.32 Å². The number of rotatable bonds is 3. The topological polar surface area (TPSA) is 62.1 Å². The van der Waals surface area contributed by atoms with Crippen LogP contribution in [0.3, 0.4) is 0 Å². The van der Waals surface area contributed by atoms with Gasteiger partial charge in [-0.2, -0.15) is 18.3 Å². The summed E-state index contributed by atoms with van der Waals surface area (Å²) in [4.78, 5) is 14.5. The van der Waals surface area contributed by atoms with Gasteiger partial charge in [0.2, 0.25) is 0 Å². The van der Waals surface area contributed by atoms with Crippen LogP contribution in [0.2, 0.25) is 0 Å². The number of furan rings is 1. The minimum Gasteiger partial charge on any atom is -0.465 e. The maximum atomic E-state index is 12.9. The highest BCUT2D eigenvalue weighted by Crippen LogP contribution is 2.33. The maximum absolute atomic E-state index is 12.9. The van der Waals surface area contributed by atoms with Crippen LogP contribution in [0.15, 0.2) is 16.5 Å². The minimum absolute atomic E-state index is 0.140. The van der Waals surface area contributed by atoms with Gasteiger partial charge in [-0.05, 0) is 31.9 Å². The molecular weight excluding hydrogens is 347 g/mol. The van der Waals surface area contributed by atoms with Crippen LogP contribution in [0.1, 0.15) is 71.8 Å². The lowest BCUT2D eigenvalue weighted by Gasteiger charge is -2.32. The van der Waals surface area contributed by atoms with Gasteiger partial charge in [0.05, 0.1) is 5.56 Å². The molecule has 8 heteroatoms. The molecule has 1 unspecified atom stereocenters. The Balaban J connectivity index is 1.76. The molecule has 142 valence electrons. The Bertz CT molecular complexity index is 792. The summed E-state index contributed by atoms with van der Waals surface area (Å²) in [5.74, 6) is 1.17. The Morgan fingerprint density at radius 2 is 2.12 bits per heavy atom. The third kappa shape index (κ3) is 3.64. The number of hydrogen-bond donors (Lipinski definition) is 1. The number of amides is 1. The molecule has 3 rings (SSSR count). The van der Waals surface area contributed by atoms with Crippen LogP contribution in [0.4, 0.5) is 13.2 Å². The number of carbonyl (C=O) groups excluding carboxylic acids is 1. The molecule has 1 aliphatic rings. The highest BCUT2D eigenvalue weighted by Gasteiger charge is 2.35. The third-order valence-corrected chi connectivity index (χ3v) is 4.77. The van der Waals surface area contributed by atoms with Crippen LogP contribution in [-0.2, 0) is 6.18 Å². The number of aromatic nitrogens is 2. The van der Waals surface area contributed by atoms with Gasteiger partial charge in [-0.1, -0.05) is 13.8 Å². The molecule has 1 atom stereocenters. The zero-order valence-corrected chi connectivity index (χ0v) is 15.0. The zero-order chi connectivity index (χ0) is 19.1. The number of carbonyl (C=O) groups is 1. The molecule has 5 nitrogen and oxygen atoms in total. The molecule has 0 aliphatic carbocycles. The van der Waals surface area contributed by atoms with Gasteiger partial charge in [-0.15, -0.1) is 0 Å². The molecule has 0 spiro atoms. The summed E-state index contributed by atoms with van der Waals surface area (Å²) in [5, 5.41) is 5.84. The fourth-order valence-corrected chi connectivity index (χ4v) is 3.28. The van der Waals surface area contributed by atoms with Crippen molar-refractivity contribution in [1.29, 1.82) is 0 Å². The van der Waals surface area contributed by atoms with Gasteiger partial charge in [0.15, 0.2) is 5.69 Å². The Kier molecular flexibility index (Phi) is 4.86. The van der Waals surface area contributed by atoms with Crippen molar-refractivity contribution in [3.63, 3.8) is 0 Å². The molecule has 0 saturated carbocycles. The summed E-state index contributed by atoms with van der Waals surface area (Å²) in [6, 6.07) is 2.81. The van der Waals surface area contributed by atoms with Crippen LogP contribution in [0, 0.1) is 6.92 Å². The van der Waals surface area contributed by atoms with E-state index >= 15 is 0 Å². The van der Waals surface area contributed by atoms with E-state index in [1.54, 1.807) is 17.9 Å². The number of piperidine rings is 1. The summed E-state index contributed by atoms with van der Waals surface area (Å²) >= 11 is 0. The average molecular weight is 369 g/mol. The summed E-state index contributed by atoms with van der Waals surface area (Å²) in [7, 11) is 0. The molecule has 2 aromatic heterocycles. The van der Waals surface area contributed by atoms with E-state index in [4.69, 9.17) is 4.42 Å². The van der Waals surface area contributed by atoms with Crippen LogP contribution in [0.5, 0.6) is 0 Å². The number of aromatic amines is 1. The van der Waals surface area contributed by atoms with Crippen molar-refractivity contribution < 1.29 is 22.4 Å². The van der Waals surface area contributed by atoms with Gasteiger partial charge >= 0.3 is 6.18 Å². The van der Waals surface area contributed by atoms with Crippen molar-refractivity contribution in [1.82, 2.24) is 15.1 Å². The average Bonchev–Trinajstić information content (AvgIpc) is 3.21. The SMILES string of the molecule is Cc1oc(C(C)C)cc1C(=O)N1CCCC(c2cc(C(F)(F)F)n[nH]2)C1. The molecule has 1 fully saturated rings. The molecule has 26 heavy (non-hydrogen) atoms. The van der Waals surface area contributed by atoms with E-state index in [1.807, 2.05) is 13.8 Å². The highest BCUT2D eigenvalue weighted by molar-refractivity contribution is 5.95. The number of halogens is 3. The quantitative estimate of drug-likeness (QED) is 0.868. The first-order valence-electron chi connectivity index (χ1n) is 8.69. The Morgan fingerprint density at radius 1 is 1.38 bits per heavy atom. The van der Waals surface area contributed by atoms with Crippen molar-refractivity contribution in [3.8, 4) is 0 Å². The number of nitrogens with zero attached hydrogens (tertiary/aromatic N) is 2. The van der Waals surface area contributed by atoms with Crippen molar-refractivity contribution in [2.75, 3.05) is 13.1 Å². The molecule has 1 amide bonds. The van der Waals surface area contributed by atoms with Gasteiger partial charge in [0.1, 0.15) is 11.5 Å². The largest absolute Gasteiger partial charge is 0.465 e. The first kappa shape index (κ1) is 18.5. The second kappa shape index (κ2) is 6.81. The molecule has 0 bridgehead atoms. The second-order valence-corrected chi connectivity index (χ2v) is 7.07. The Hall–Kier alpha value is -2.25. The number of H-pyrrole nitrogens is 1. The number of aryl methyl sites for hydroxylation is 1. The number of nitrogens with one attached hydrogen (secondary N) is 1. The van der Waals surface area contributed by atoms with E-state index in [1.165, 1.54) is 0 Å². The van der Waals surface area contributed by atoms with E-state index in [-0.39, 0.29) is 17.7 Å². The molecule has 0 radical (unpaired) electrons. The second-order valence-electron chi connectivity index (χ2n) is 7.07. The number of hydrogen-bond acceptors (Lipinski definition) is 3. The summed E-state index contributed by atoms with van der Waals surface area (Å²) in [6.45, 7) is 6.67. The van der Waals surface area contributed by atoms with Crippen molar-refractivity contribution in [3.05, 3.63) is 40.6 Å². The van der Waals surface area contributed by atoms with Gasteiger partial charge in [0.25, 0.3) is 5.91 Å². The highest BCUT2D eigenvalue weighted by atomic mass is 19.4. The lowest BCUT2D eigenvalue weighted by molar-refractivity contribution is -0.141. The monoisotopic (exact) mass is 369 g/mol. The molecule has 1 aliphatic heterocycles. The smallest absolute Gasteiger partial charge is 0.435 e. The summed E-state index contributed by atoms with van der Waals surface area (Å²) in [6.07, 6.45) is -3.03. The predicted octanol–water partition coefficient (Wildman–Crippen LogP) is 4.47. The fraction of sp³-hybridized carbons (Fsp3) is 0.556. The normalized spacial score (nSPS) is 18.6. The molecule has 0 aromatic carbocycles. The van der Waals surface area contributed by atoms with E-state index in [9.17, 15) is 18.0 Å². The first-order chi connectivity index (χ1) is 12.2. The van der Waals surface area contributed by atoms with Crippen LogP contribution < -0.4 is 0 Å². The van der Waals surface area contributed by atoms with Crippen molar-refractivity contribution in [2.24, 2.45) is 0 Å². The molecule has 2 aromatic rings. The summed E-state index contributed by atoms with van der Waals surface area (Å²) < 4.78 is 43.9. The first-order valence-corrected chi connectivity index (χ1v) is 8.69. The molecule has 1 N–H and O–H groups in total. The fourth-order valence-electron chi connectivity index (χ4n) is 3.28.